The molecule has 0 saturated carbocycles. The first-order valence-electron chi connectivity index (χ1n) is 5.16. The molecule has 88 valence electrons. The van der Waals surface area contributed by atoms with Crippen LogP contribution in [-0.4, -0.2) is 18.4 Å². The number of nitrogens with one attached hydrogen (secondary N) is 2. The summed E-state index contributed by atoms with van der Waals surface area (Å²) in [7, 11) is 0. The second kappa shape index (κ2) is 6.28. The Labute approximate surface area is 99.4 Å². The minimum absolute atomic E-state index is 0.156. The number of nitriles is 1. The first kappa shape index (κ1) is 12.7. The highest BCUT2D eigenvalue weighted by molar-refractivity contribution is 5.91. The van der Waals surface area contributed by atoms with Crippen LogP contribution in [0, 0.1) is 11.3 Å². The van der Waals surface area contributed by atoms with E-state index in [0.29, 0.717) is 17.8 Å². The maximum Gasteiger partial charge on any atom is 0.226 e. The summed E-state index contributed by atoms with van der Waals surface area (Å²) in [5.41, 5.74) is 1.18. The van der Waals surface area contributed by atoms with Gasteiger partial charge < -0.3 is 10.6 Å². The Bertz CT molecular complexity index is 446. The number of nitrogens with zero attached hydrogens (tertiary/aromatic N) is 1. The van der Waals surface area contributed by atoms with Gasteiger partial charge in [-0.3, -0.25) is 9.59 Å². The lowest BCUT2D eigenvalue weighted by Crippen LogP contribution is -2.25. The quantitative estimate of drug-likeness (QED) is 0.811. The zero-order chi connectivity index (χ0) is 12.7. The average molecular weight is 231 g/mol. The second-order valence-corrected chi connectivity index (χ2v) is 3.47. The van der Waals surface area contributed by atoms with Crippen LogP contribution in [0.4, 0.5) is 5.69 Å². The number of rotatable bonds is 4. The summed E-state index contributed by atoms with van der Waals surface area (Å²) in [6.07, 6.45) is 0.222. The predicted octanol–water partition coefficient (Wildman–Crippen LogP) is 1.02. The first-order valence-corrected chi connectivity index (χ1v) is 5.16. The zero-order valence-electron chi connectivity index (χ0n) is 9.49. The molecule has 2 N–H and O–H groups in total. The van der Waals surface area contributed by atoms with E-state index in [2.05, 4.69) is 10.6 Å². The van der Waals surface area contributed by atoms with Gasteiger partial charge in [-0.15, -0.1) is 0 Å². The average Bonchev–Trinajstić information content (AvgIpc) is 2.29. The van der Waals surface area contributed by atoms with Crippen LogP contribution >= 0.6 is 0 Å². The molecule has 0 radical (unpaired) electrons. The van der Waals surface area contributed by atoms with Crippen LogP contribution in [0.1, 0.15) is 18.9 Å². The van der Waals surface area contributed by atoms with Crippen molar-refractivity contribution in [1.29, 1.82) is 5.26 Å². The Kier molecular flexibility index (Phi) is 4.70. The highest BCUT2D eigenvalue weighted by atomic mass is 16.2. The maximum atomic E-state index is 11.4. The SMILES string of the molecule is CC(=O)NCCC(=O)Nc1ccc(C#N)cc1. The molecule has 0 aliphatic rings. The lowest BCUT2D eigenvalue weighted by Gasteiger charge is -2.05. The molecule has 0 bridgehead atoms. The predicted molar refractivity (Wildman–Crippen MR) is 63.1 cm³/mol. The van der Waals surface area contributed by atoms with Crippen molar-refractivity contribution in [1.82, 2.24) is 5.32 Å². The molecule has 0 spiro atoms. The van der Waals surface area contributed by atoms with Crippen molar-refractivity contribution in [2.75, 3.05) is 11.9 Å². The van der Waals surface area contributed by atoms with E-state index in [9.17, 15) is 9.59 Å². The Balaban J connectivity index is 2.40. The second-order valence-electron chi connectivity index (χ2n) is 3.47. The van der Waals surface area contributed by atoms with E-state index < -0.39 is 0 Å². The highest BCUT2D eigenvalue weighted by Crippen LogP contribution is 2.08. The van der Waals surface area contributed by atoms with Crippen LogP contribution in [0.25, 0.3) is 0 Å². The van der Waals surface area contributed by atoms with Gasteiger partial charge in [-0.25, -0.2) is 0 Å². The van der Waals surface area contributed by atoms with Gasteiger partial charge in [0.1, 0.15) is 0 Å². The molecule has 2 amide bonds. The fraction of sp³-hybridized carbons (Fsp3) is 0.250. The van der Waals surface area contributed by atoms with Crippen molar-refractivity contribution >= 4 is 17.5 Å². The van der Waals surface area contributed by atoms with Crippen molar-refractivity contribution in [2.24, 2.45) is 0 Å². The van der Waals surface area contributed by atoms with Gasteiger partial charge in [-0.2, -0.15) is 5.26 Å². The van der Waals surface area contributed by atoms with E-state index in [1.165, 1.54) is 6.92 Å². The Morgan fingerprint density at radius 1 is 1.29 bits per heavy atom. The summed E-state index contributed by atoms with van der Waals surface area (Å²) in [4.78, 5) is 22.0. The van der Waals surface area contributed by atoms with Gasteiger partial charge in [0.05, 0.1) is 11.6 Å². The van der Waals surface area contributed by atoms with E-state index in [1.807, 2.05) is 6.07 Å². The number of benzene rings is 1. The van der Waals surface area contributed by atoms with Gasteiger partial charge in [0.15, 0.2) is 0 Å². The highest BCUT2D eigenvalue weighted by Gasteiger charge is 2.02. The topological polar surface area (TPSA) is 82.0 Å². The van der Waals surface area contributed by atoms with Crippen LogP contribution in [0.2, 0.25) is 0 Å². The van der Waals surface area contributed by atoms with E-state index in [4.69, 9.17) is 5.26 Å². The molecule has 5 nitrogen and oxygen atoms in total. The normalized spacial score (nSPS) is 9.18. The number of hydrogen-bond acceptors (Lipinski definition) is 3. The minimum atomic E-state index is -0.177. The summed E-state index contributed by atoms with van der Waals surface area (Å²) in [5.74, 6) is -0.334. The molecule has 1 rings (SSSR count). The standard InChI is InChI=1S/C12H13N3O2/c1-9(16)14-7-6-12(17)15-11-4-2-10(8-13)3-5-11/h2-5H,6-7H2,1H3,(H,14,16)(H,15,17). The van der Waals surface area contributed by atoms with Crippen LogP contribution < -0.4 is 10.6 Å². The minimum Gasteiger partial charge on any atom is -0.356 e. The van der Waals surface area contributed by atoms with E-state index in [1.54, 1.807) is 24.3 Å². The summed E-state index contributed by atoms with van der Waals surface area (Å²) in [6, 6.07) is 8.57. The number of hydrogen-bond donors (Lipinski definition) is 2. The van der Waals surface area contributed by atoms with Gasteiger partial charge in [0.25, 0.3) is 0 Å². The molecular formula is C12H13N3O2. The monoisotopic (exact) mass is 231 g/mol. The number of amides is 2. The Morgan fingerprint density at radius 3 is 2.47 bits per heavy atom. The summed E-state index contributed by atoms with van der Waals surface area (Å²) in [6.45, 7) is 1.72. The first-order chi connectivity index (χ1) is 8.11. The fourth-order valence-electron chi connectivity index (χ4n) is 1.20. The van der Waals surface area contributed by atoms with Crippen LogP contribution in [0.3, 0.4) is 0 Å². The Morgan fingerprint density at radius 2 is 1.94 bits per heavy atom. The summed E-state index contributed by atoms with van der Waals surface area (Å²) in [5, 5.41) is 13.8. The Hall–Kier alpha value is -2.35. The molecule has 1 aromatic carbocycles. The summed E-state index contributed by atoms with van der Waals surface area (Å²) < 4.78 is 0. The third-order valence-electron chi connectivity index (χ3n) is 2.02. The van der Waals surface area contributed by atoms with E-state index in [-0.39, 0.29) is 18.2 Å². The molecule has 17 heavy (non-hydrogen) atoms. The van der Waals surface area contributed by atoms with E-state index in [0.717, 1.165) is 0 Å². The van der Waals surface area contributed by atoms with Crippen molar-refractivity contribution in [3.05, 3.63) is 29.8 Å². The number of carbonyl (C=O) groups is 2. The van der Waals surface area contributed by atoms with Gasteiger partial charge in [0, 0.05) is 25.6 Å². The smallest absolute Gasteiger partial charge is 0.226 e. The lowest BCUT2D eigenvalue weighted by atomic mass is 10.2. The molecule has 0 aliphatic carbocycles. The zero-order valence-corrected chi connectivity index (χ0v) is 9.49. The molecule has 0 heterocycles. The summed E-state index contributed by atoms with van der Waals surface area (Å²) >= 11 is 0. The van der Waals surface area contributed by atoms with E-state index >= 15 is 0 Å². The molecule has 0 aliphatic heterocycles. The molecule has 0 aromatic heterocycles. The number of anilines is 1. The van der Waals surface area contributed by atoms with Gasteiger partial charge >= 0.3 is 0 Å². The maximum absolute atomic E-state index is 11.4. The van der Waals surface area contributed by atoms with Crippen molar-refractivity contribution in [3.8, 4) is 6.07 Å². The third kappa shape index (κ3) is 4.80. The van der Waals surface area contributed by atoms with Crippen LogP contribution in [-0.2, 0) is 9.59 Å². The van der Waals surface area contributed by atoms with Crippen LogP contribution in [0.5, 0.6) is 0 Å². The molecular weight excluding hydrogens is 218 g/mol. The molecule has 5 heteroatoms. The molecule has 1 aromatic rings. The van der Waals surface area contributed by atoms with Crippen molar-refractivity contribution in [2.45, 2.75) is 13.3 Å². The molecule has 0 saturated heterocycles. The molecule has 0 unspecified atom stereocenters. The molecule has 0 fully saturated rings. The van der Waals surface area contributed by atoms with Gasteiger partial charge in [0.2, 0.25) is 11.8 Å². The number of carbonyl (C=O) groups excluding carboxylic acids is 2. The fourth-order valence-corrected chi connectivity index (χ4v) is 1.20. The largest absolute Gasteiger partial charge is 0.356 e. The lowest BCUT2D eigenvalue weighted by molar-refractivity contribution is -0.119. The van der Waals surface area contributed by atoms with Gasteiger partial charge in [-0.05, 0) is 24.3 Å². The van der Waals surface area contributed by atoms with Crippen LogP contribution in [0.15, 0.2) is 24.3 Å². The van der Waals surface area contributed by atoms with Crippen molar-refractivity contribution < 1.29 is 9.59 Å². The van der Waals surface area contributed by atoms with Crippen molar-refractivity contribution in [3.63, 3.8) is 0 Å². The third-order valence-corrected chi connectivity index (χ3v) is 2.02. The van der Waals surface area contributed by atoms with Gasteiger partial charge in [-0.1, -0.05) is 0 Å². The molecule has 0 atom stereocenters.